The second kappa shape index (κ2) is 5.31. The molecule has 1 N–H and O–H groups in total. The van der Waals surface area contributed by atoms with Crippen LogP contribution in [-0.4, -0.2) is 5.11 Å². The molecule has 0 aliphatic heterocycles. The minimum atomic E-state index is -0.932. The Morgan fingerprint density at radius 3 is 2.29 bits per heavy atom. The van der Waals surface area contributed by atoms with Crippen molar-refractivity contribution in [2.75, 3.05) is 0 Å². The molecule has 1 aliphatic rings. The van der Waals surface area contributed by atoms with Crippen molar-refractivity contribution in [2.45, 2.75) is 51.6 Å². The Balaban J connectivity index is 1.98. The zero-order valence-electron chi connectivity index (χ0n) is 13.2. The molecule has 1 unspecified atom stereocenters. The highest BCUT2D eigenvalue weighted by molar-refractivity contribution is 5.41. The van der Waals surface area contributed by atoms with Crippen LogP contribution in [0.4, 0.5) is 0 Å². The van der Waals surface area contributed by atoms with E-state index in [0.29, 0.717) is 5.92 Å². The molecule has 0 bridgehead atoms. The largest absolute Gasteiger partial charge is 0.381 e. The SMILES string of the molecule is Cc1ccc(C(C)(O)c2cccc(C3CCC3)c2)cc1C. The normalized spacial score (nSPS) is 18.1. The van der Waals surface area contributed by atoms with Crippen molar-refractivity contribution in [1.82, 2.24) is 0 Å². The molecule has 1 atom stereocenters. The molecule has 1 fully saturated rings. The quantitative estimate of drug-likeness (QED) is 0.854. The molecule has 0 amide bonds. The van der Waals surface area contributed by atoms with Gasteiger partial charge in [0.05, 0.1) is 0 Å². The summed E-state index contributed by atoms with van der Waals surface area (Å²) in [5, 5.41) is 11.1. The lowest BCUT2D eigenvalue weighted by Crippen LogP contribution is -2.23. The summed E-state index contributed by atoms with van der Waals surface area (Å²) in [5.74, 6) is 0.695. The molecule has 1 nitrogen and oxygen atoms in total. The van der Waals surface area contributed by atoms with Crippen LogP contribution in [0.2, 0.25) is 0 Å². The molecule has 21 heavy (non-hydrogen) atoms. The van der Waals surface area contributed by atoms with Gasteiger partial charge in [-0.3, -0.25) is 0 Å². The van der Waals surface area contributed by atoms with Crippen molar-refractivity contribution < 1.29 is 5.11 Å². The van der Waals surface area contributed by atoms with Gasteiger partial charge in [-0.05, 0) is 67.3 Å². The molecule has 0 radical (unpaired) electrons. The summed E-state index contributed by atoms with van der Waals surface area (Å²) in [6.45, 7) is 6.10. The highest BCUT2D eigenvalue weighted by Gasteiger charge is 2.27. The van der Waals surface area contributed by atoms with Crippen LogP contribution in [0.15, 0.2) is 42.5 Å². The van der Waals surface area contributed by atoms with E-state index in [1.165, 1.54) is 36.0 Å². The second-order valence-corrected chi connectivity index (χ2v) is 6.62. The maximum Gasteiger partial charge on any atom is 0.112 e. The van der Waals surface area contributed by atoms with E-state index in [1.807, 2.05) is 19.1 Å². The summed E-state index contributed by atoms with van der Waals surface area (Å²) in [4.78, 5) is 0. The highest BCUT2D eigenvalue weighted by Crippen LogP contribution is 2.38. The first-order valence-corrected chi connectivity index (χ1v) is 7.89. The van der Waals surface area contributed by atoms with Gasteiger partial charge in [0.2, 0.25) is 0 Å². The van der Waals surface area contributed by atoms with Gasteiger partial charge in [-0.15, -0.1) is 0 Å². The van der Waals surface area contributed by atoms with E-state index in [9.17, 15) is 5.11 Å². The fraction of sp³-hybridized carbons (Fsp3) is 0.400. The molecule has 1 aliphatic carbocycles. The van der Waals surface area contributed by atoms with Gasteiger partial charge in [0, 0.05) is 0 Å². The van der Waals surface area contributed by atoms with Crippen LogP contribution in [0, 0.1) is 13.8 Å². The van der Waals surface area contributed by atoms with Crippen LogP contribution in [0.3, 0.4) is 0 Å². The summed E-state index contributed by atoms with van der Waals surface area (Å²) in [5.41, 5.74) is 4.90. The van der Waals surface area contributed by atoms with Crippen LogP contribution in [0.25, 0.3) is 0 Å². The van der Waals surface area contributed by atoms with Gasteiger partial charge >= 0.3 is 0 Å². The first-order valence-electron chi connectivity index (χ1n) is 7.89. The Bertz CT molecular complexity index is 651. The molecule has 3 rings (SSSR count). The molecular formula is C20H24O. The van der Waals surface area contributed by atoms with Gasteiger partial charge in [0.1, 0.15) is 5.60 Å². The Morgan fingerprint density at radius 1 is 0.952 bits per heavy atom. The standard InChI is InChI=1S/C20H24O/c1-14-10-11-19(12-15(14)2)20(3,21)18-9-5-8-17(13-18)16-6-4-7-16/h5,8-13,16,21H,4,6-7H2,1-3H3. The van der Waals surface area contributed by atoms with E-state index in [1.54, 1.807) is 0 Å². The molecular weight excluding hydrogens is 256 g/mol. The molecule has 1 heteroatoms. The highest BCUT2D eigenvalue weighted by atomic mass is 16.3. The van der Waals surface area contributed by atoms with Crippen molar-refractivity contribution in [3.8, 4) is 0 Å². The number of aliphatic hydroxyl groups is 1. The van der Waals surface area contributed by atoms with E-state index in [0.717, 1.165) is 11.1 Å². The van der Waals surface area contributed by atoms with Gasteiger partial charge in [-0.25, -0.2) is 0 Å². The summed E-state index contributed by atoms with van der Waals surface area (Å²) < 4.78 is 0. The second-order valence-electron chi connectivity index (χ2n) is 6.62. The summed E-state index contributed by atoms with van der Waals surface area (Å²) in [6.07, 6.45) is 3.91. The van der Waals surface area contributed by atoms with Crippen LogP contribution in [0.5, 0.6) is 0 Å². The number of hydrogen-bond donors (Lipinski definition) is 1. The minimum Gasteiger partial charge on any atom is -0.381 e. The fourth-order valence-electron chi connectivity index (χ4n) is 3.05. The molecule has 2 aromatic carbocycles. The maximum absolute atomic E-state index is 11.1. The first-order chi connectivity index (χ1) is 9.98. The topological polar surface area (TPSA) is 20.2 Å². The Labute approximate surface area is 127 Å². The van der Waals surface area contributed by atoms with Gasteiger partial charge in [-0.2, -0.15) is 0 Å². The molecule has 1 saturated carbocycles. The van der Waals surface area contributed by atoms with Gasteiger partial charge in [0.15, 0.2) is 0 Å². The van der Waals surface area contributed by atoms with E-state index in [2.05, 4.69) is 44.2 Å². The predicted molar refractivity (Wildman–Crippen MR) is 87.6 cm³/mol. The van der Waals surface area contributed by atoms with Crippen molar-refractivity contribution >= 4 is 0 Å². The van der Waals surface area contributed by atoms with Crippen LogP contribution >= 0.6 is 0 Å². The number of rotatable bonds is 3. The zero-order chi connectivity index (χ0) is 15.0. The Hall–Kier alpha value is -1.60. The third-order valence-electron chi connectivity index (χ3n) is 5.09. The Morgan fingerprint density at radius 2 is 1.67 bits per heavy atom. The molecule has 0 spiro atoms. The number of hydrogen-bond acceptors (Lipinski definition) is 1. The molecule has 0 aromatic heterocycles. The molecule has 110 valence electrons. The van der Waals surface area contributed by atoms with Gasteiger partial charge < -0.3 is 5.11 Å². The fourth-order valence-corrected chi connectivity index (χ4v) is 3.05. The predicted octanol–water partition coefficient (Wildman–Crippen LogP) is 4.83. The zero-order valence-corrected chi connectivity index (χ0v) is 13.2. The van der Waals surface area contributed by atoms with Crippen molar-refractivity contribution in [2.24, 2.45) is 0 Å². The van der Waals surface area contributed by atoms with E-state index in [-0.39, 0.29) is 0 Å². The van der Waals surface area contributed by atoms with Gasteiger partial charge in [-0.1, -0.05) is 48.9 Å². The molecule has 2 aromatic rings. The van der Waals surface area contributed by atoms with E-state index < -0.39 is 5.60 Å². The van der Waals surface area contributed by atoms with Crippen molar-refractivity contribution in [3.63, 3.8) is 0 Å². The summed E-state index contributed by atoms with van der Waals surface area (Å²) in [6, 6.07) is 14.7. The van der Waals surface area contributed by atoms with Gasteiger partial charge in [0.25, 0.3) is 0 Å². The van der Waals surface area contributed by atoms with Crippen LogP contribution in [0.1, 0.15) is 59.9 Å². The minimum absolute atomic E-state index is 0.695. The van der Waals surface area contributed by atoms with Crippen molar-refractivity contribution in [1.29, 1.82) is 0 Å². The van der Waals surface area contributed by atoms with E-state index in [4.69, 9.17) is 0 Å². The summed E-state index contributed by atoms with van der Waals surface area (Å²) in [7, 11) is 0. The Kier molecular flexibility index (Phi) is 3.62. The van der Waals surface area contributed by atoms with Crippen LogP contribution < -0.4 is 0 Å². The third-order valence-corrected chi connectivity index (χ3v) is 5.09. The van der Waals surface area contributed by atoms with E-state index >= 15 is 0 Å². The first kappa shape index (κ1) is 14.3. The summed E-state index contributed by atoms with van der Waals surface area (Å²) >= 11 is 0. The van der Waals surface area contributed by atoms with Crippen molar-refractivity contribution in [3.05, 3.63) is 70.3 Å². The lowest BCUT2D eigenvalue weighted by atomic mass is 9.78. The number of benzene rings is 2. The molecule has 0 saturated heterocycles. The third kappa shape index (κ3) is 2.63. The lowest BCUT2D eigenvalue weighted by molar-refractivity contribution is 0.102. The smallest absolute Gasteiger partial charge is 0.112 e. The maximum atomic E-state index is 11.1. The lowest BCUT2D eigenvalue weighted by Gasteiger charge is -2.29. The average Bonchev–Trinajstić information content (AvgIpc) is 2.40. The monoisotopic (exact) mass is 280 g/mol. The number of aryl methyl sites for hydroxylation is 2. The molecule has 0 heterocycles. The van der Waals surface area contributed by atoms with Crippen LogP contribution in [-0.2, 0) is 5.60 Å². The average molecular weight is 280 g/mol.